The van der Waals surface area contributed by atoms with E-state index in [2.05, 4.69) is 114 Å². The summed E-state index contributed by atoms with van der Waals surface area (Å²) in [5.74, 6) is -0.273. The summed E-state index contributed by atoms with van der Waals surface area (Å²) in [6.07, 6.45) is 0. The normalized spacial score (nSPS) is 11.3. The molecule has 0 radical (unpaired) electrons. The van der Waals surface area contributed by atoms with Crippen LogP contribution in [-0.2, 0) is 0 Å². The lowest BCUT2D eigenvalue weighted by atomic mass is 9.89. The molecule has 9 aromatic rings. The minimum absolute atomic E-state index is 0.273. The summed E-state index contributed by atoms with van der Waals surface area (Å²) in [5, 5.41) is 17.3. The van der Waals surface area contributed by atoms with Crippen LogP contribution in [0.25, 0.3) is 65.6 Å². The van der Waals surface area contributed by atoms with Crippen molar-refractivity contribution in [1.82, 2.24) is 4.98 Å². The second kappa shape index (κ2) is 12.0. The van der Waals surface area contributed by atoms with Crippen LogP contribution in [0.15, 0.2) is 170 Å². The van der Waals surface area contributed by atoms with Crippen molar-refractivity contribution in [3.8, 4) is 28.5 Å². The maximum absolute atomic E-state index is 14.1. The first kappa shape index (κ1) is 29.3. The van der Waals surface area contributed by atoms with Gasteiger partial charge in [0.2, 0.25) is 0 Å². The first-order valence-electron chi connectivity index (χ1n) is 16.5. The van der Waals surface area contributed by atoms with Gasteiger partial charge in [0.25, 0.3) is 0 Å². The number of pyridine rings is 1. The summed E-state index contributed by atoms with van der Waals surface area (Å²) in [6, 6.07) is 58.8. The molecule has 4 heteroatoms. The highest BCUT2D eigenvalue weighted by Gasteiger charge is 2.18. The number of para-hydroxylation sites is 1. The van der Waals surface area contributed by atoms with Crippen LogP contribution in [0.3, 0.4) is 0 Å². The Morgan fingerprint density at radius 3 is 1.62 bits per heavy atom. The van der Waals surface area contributed by atoms with Gasteiger partial charge in [-0.2, -0.15) is 5.26 Å². The quantitative estimate of drug-likeness (QED) is 0.176. The van der Waals surface area contributed by atoms with Crippen molar-refractivity contribution < 1.29 is 4.39 Å². The Kier molecular flexibility index (Phi) is 7.04. The molecule has 0 amide bonds. The molecule has 0 fully saturated rings. The lowest BCUT2D eigenvalue weighted by Gasteiger charge is -2.25. The molecule has 8 aromatic carbocycles. The molecule has 0 unspecified atom stereocenters. The van der Waals surface area contributed by atoms with E-state index in [-0.39, 0.29) is 5.82 Å². The predicted octanol–water partition coefficient (Wildman–Crippen LogP) is 12.5. The fraction of sp³-hybridized carbons (Fsp3) is 0. The summed E-state index contributed by atoms with van der Waals surface area (Å²) in [4.78, 5) is 7.52. The van der Waals surface area contributed by atoms with Crippen molar-refractivity contribution in [2.45, 2.75) is 0 Å². The lowest BCUT2D eigenvalue weighted by Crippen LogP contribution is -2.09. The maximum atomic E-state index is 14.1. The number of benzene rings is 8. The number of hydrogen-bond acceptors (Lipinski definition) is 3. The number of nitriles is 1. The topological polar surface area (TPSA) is 39.9 Å². The molecule has 0 N–H and O–H groups in total. The number of fused-ring (bicyclic) bond motifs is 8. The van der Waals surface area contributed by atoms with Gasteiger partial charge in [-0.25, -0.2) is 9.37 Å². The van der Waals surface area contributed by atoms with E-state index < -0.39 is 0 Å². The van der Waals surface area contributed by atoms with Gasteiger partial charge in [-0.05, 0) is 112 Å². The Labute approximate surface area is 288 Å². The number of halogens is 1. The van der Waals surface area contributed by atoms with Crippen LogP contribution < -0.4 is 4.90 Å². The molecule has 0 bridgehead atoms. The highest BCUT2D eigenvalue weighted by atomic mass is 19.1. The fourth-order valence-electron chi connectivity index (χ4n) is 7.19. The molecule has 9 rings (SSSR count). The van der Waals surface area contributed by atoms with Crippen molar-refractivity contribution in [3.63, 3.8) is 0 Å². The first-order chi connectivity index (χ1) is 24.7. The van der Waals surface area contributed by atoms with Crippen molar-refractivity contribution in [2.75, 3.05) is 4.90 Å². The molecule has 0 aliphatic rings. The van der Waals surface area contributed by atoms with Crippen molar-refractivity contribution >= 4 is 60.3 Å². The predicted molar refractivity (Wildman–Crippen MR) is 204 cm³/mol. The third-order valence-corrected chi connectivity index (χ3v) is 9.51. The Balaban J connectivity index is 1.23. The van der Waals surface area contributed by atoms with E-state index in [1.807, 2.05) is 54.6 Å². The fourth-order valence-corrected chi connectivity index (χ4v) is 7.19. The molecule has 0 spiro atoms. The Morgan fingerprint density at radius 1 is 0.460 bits per heavy atom. The van der Waals surface area contributed by atoms with Crippen molar-refractivity contribution in [2.24, 2.45) is 0 Å². The van der Waals surface area contributed by atoms with E-state index in [9.17, 15) is 9.65 Å². The molecule has 0 saturated carbocycles. The van der Waals surface area contributed by atoms with Crippen molar-refractivity contribution in [1.29, 1.82) is 5.26 Å². The zero-order valence-corrected chi connectivity index (χ0v) is 26.9. The average Bonchev–Trinajstić information content (AvgIpc) is 3.18. The standard InChI is InChI=1S/C46H28FN3/c47-34-21-16-32(17-22-34)46-45-41-13-7-5-11-39(41)38-10-4-6-12-40(38)44(45)42-27-20-33(28-43(42)49-46)31-18-25-37(26-19-31)50(35-8-2-1-3-9-35)36-23-14-30(29-48)15-24-36/h1-28H. The third kappa shape index (κ3) is 4.92. The average molecular weight is 642 g/mol. The molecule has 0 saturated heterocycles. The first-order valence-corrected chi connectivity index (χ1v) is 16.5. The van der Waals surface area contributed by atoms with Gasteiger partial charge in [-0.15, -0.1) is 0 Å². The van der Waals surface area contributed by atoms with Crippen LogP contribution >= 0.6 is 0 Å². The van der Waals surface area contributed by atoms with Gasteiger partial charge in [0.1, 0.15) is 5.82 Å². The Hall–Kier alpha value is -6.83. The van der Waals surface area contributed by atoms with Crippen LogP contribution in [0.4, 0.5) is 21.5 Å². The number of rotatable bonds is 5. The van der Waals surface area contributed by atoms with Crippen LogP contribution in [0.5, 0.6) is 0 Å². The molecule has 0 aliphatic heterocycles. The van der Waals surface area contributed by atoms with Gasteiger partial charge in [0.05, 0.1) is 22.8 Å². The molecule has 1 heterocycles. The van der Waals surface area contributed by atoms with Gasteiger partial charge in [-0.3, -0.25) is 0 Å². The molecular weight excluding hydrogens is 614 g/mol. The summed E-state index contributed by atoms with van der Waals surface area (Å²) >= 11 is 0. The minimum atomic E-state index is -0.273. The number of hydrogen-bond donors (Lipinski definition) is 0. The zero-order chi connectivity index (χ0) is 33.6. The largest absolute Gasteiger partial charge is 0.311 e. The summed E-state index contributed by atoms with van der Waals surface area (Å²) in [7, 11) is 0. The van der Waals surface area contributed by atoms with Crippen LogP contribution in [-0.4, -0.2) is 4.98 Å². The third-order valence-electron chi connectivity index (χ3n) is 9.51. The zero-order valence-electron chi connectivity index (χ0n) is 26.9. The van der Waals surface area contributed by atoms with Gasteiger partial charge in [0.15, 0.2) is 0 Å². The van der Waals surface area contributed by atoms with Crippen LogP contribution in [0, 0.1) is 17.1 Å². The smallest absolute Gasteiger partial charge is 0.123 e. The van der Waals surface area contributed by atoms with E-state index in [1.54, 1.807) is 0 Å². The molecule has 0 atom stereocenters. The van der Waals surface area contributed by atoms with Gasteiger partial charge >= 0.3 is 0 Å². The molecule has 3 nitrogen and oxygen atoms in total. The number of aromatic nitrogens is 1. The summed E-state index contributed by atoms with van der Waals surface area (Å²) in [6.45, 7) is 0. The number of nitrogens with zero attached hydrogens (tertiary/aromatic N) is 3. The van der Waals surface area contributed by atoms with E-state index in [0.29, 0.717) is 5.56 Å². The maximum Gasteiger partial charge on any atom is 0.123 e. The van der Waals surface area contributed by atoms with Crippen LogP contribution in [0.1, 0.15) is 5.56 Å². The van der Waals surface area contributed by atoms with Gasteiger partial charge in [-0.1, -0.05) is 91.0 Å². The monoisotopic (exact) mass is 641 g/mol. The lowest BCUT2D eigenvalue weighted by molar-refractivity contribution is 0.628. The second-order valence-electron chi connectivity index (χ2n) is 12.4. The summed E-state index contributed by atoms with van der Waals surface area (Å²) < 4.78 is 14.1. The second-order valence-corrected chi connectivity index (χ2v) is 12.4. The molecule has 234 valence electrons. The van der Waals surface area contributed by atoms with E-state index >= 15 is 0 Å². The Bertz CT molecular complexity index is 2750. The highest BCUT2D eigenvalue weighted by molar-refractivity contribution is 6.33. The van der Waals surface area contributed by atoms with Gasteiger partial charge < -0.3 is 4.90 Å². The summed E-state index contributed by atoms with van der Waals surface area (Å²) in [5.41, 5.74) is 8.33. The molecule has 1 aromatic heterocycles. The SMILES string of the molecule is N#Cc1ccc(N(c2ccccc2)c2ccc(-c3ccc4c(c3)nc(-c3ccc(F)cc3)c3c5ccccc5c5ccccc5c43)cc2)cc1. The molecular formula is C46H28FN3. The highest BCUT2D eigenvalue weighted by Crippen LogP contribution is 2.43. The Morgan fingerprint density at radius 2 is 0.980 bits per heavy atom. The van der Waals surface area contributed by atoms with Crippen molar-refractivity contribution in [3.05, 3.63) is 181 Å². The number of anilines is 3. The van der Waals surface area contributed by atoms with Crippen LogP contribution in [0.2, 0.25) is 0 Å². The van der Waals surface area contributed by atoms with Gasteiger partial charge in [0, 0.05) is 38.8 Å². The van der Waals surface area contributed by atoms with E-state index in [4.69, 9.17) is 4.98 Å². The molecule has 50 heavy (non-hydrogen) atoms. The minimum Gasteiger partial charge on any atom is -0.311 e. The van der Waals surface area contributed by atoms with E-state index in [1.165, 1.54) is 22.9 Å². The molecule has 0 aliphatic carbocycles. The van der Waals surface area contributed by atoms with E-state index in [0.717, 1.165) is 71.9 Å².